The van der Waals surface area contributed by atoms with Gasteiger partial charge in [-0.15, -0.1) is 0 Å². The second-order valence-electron chi connectivity index (χ2n) is 2.28. The molecule has 0 heterocycles. The smallest absolute Gasteiger partial charge is 0.272 e. The highest BCUT2D eigenvalue weighted by Crippen LogP contribution is 2.15. The van der Waals surface area contributed by atoms with Crippen LogP contribution in [0.25, 0.3) is 0 Å². The van der Waals surface area contributed by atoms with Crippen LogP contribution in [0.1, 0.15) is 5.56 Å². The van der Waals surface area contributed by atoms with Crippen molar-refractivity contribution in [2.24, 2.45) is 5.73 Å². The fraction of sp³-hybridized carbons (Fsp3) is 0.143. The third-order valence-corrected chi connectivity index (χ3v) is 1.39. The molecule has 2 N–H and O–H groups in total. The summed E-state index contributed by atoms with van der Waals surface area (Å²) < 4.78 is 12.6. The van der Waals surface area contributed by atoms with Crippen molar-refractivity contribution in [3.63, 3.8) is 0 Å². The van der Waals surface area contributed by atoms with Crippen molar-refractivity contribution in [3.05, 3.63) is 39.7 Å². The Morgan fingerprint density at radius 3 is 2.67 bits per heavy atom. The van der Waals surface area contributed by atoms with Gasteiger partial charge in [0.2, 0.25) is 0 Å². The number of nitro benzene ring substituents is 1. The van der Waals surface area contributed by atoms with Crippen LogP contribution in [0.5, 0.6) is 0 Å². The first-order chi connectivity index (χ1) is 5.63. The summed E-state index contributed by atoms with van der Waals surface area (Å²) >= 11 is 0. The van der Waals surface area contributed by atoms with E-state index in [1.807, 2.05) is 0 Å². The van der Waals surface area contributed by atoms with E-state index in [0.717, 1.165) is 6.07 Å². The predicted octanol–water partition coefficient (Wildman–Crippen LogP) is 1.19. The minimum atomic E-state index is -0.651. The third-order valence-electron chi connectivity index (χ3n) is 1.39. The first-order valence-electron chi connectivity index (χ1n) is 3.27. The Hall–Kier alpha value is -1.49. The number of nitrogens with zero attached hydrogens (tertiary/aromatic N) is 1. The fourth-order valence-electron chi connectivity index (χ4n) is 0.857. The van der Waals surface area contributed by atoms with Gasteiger partial charge in [-0.2, -0.15) is 0 Å². The van der Waals surface area contributed by atoms with Crippen molar-refractivity contribution in [1.82, 2.24) is 0 Å². The van der Waals surface area contributed by atoms with E-state index in [9.17, 15) is 14.5 Å². The Morgan fingerprint density at radius 1 is 1.50 bits per heavy atom. The second kappa shape index (κ2) is 3.27. The molecule has 0 bridgehead atoms. The van der Waals surface area contributed by atoms with Crippen LogP contribution in [0.15, 0.2) is 18.2 Å². The van der Waals surface area contributed by atoms with E-state index < -0.39 is 10.7 Å². The highest BCUT2D eigenvalue weighted by Gasteiger charge is 2.08. The molecule has 64 valence electrons. The molecule has 0 atom stereocenters. The van der Waals surface area contributed by atoms with Gasteiger partial charge < -0.3 is 5.73 Å². The third kappa shape index (κ3) is 1.76. The van der Waals surface area contributed by atoms with Crippen LogP contribution < -0.4 is 5.73 Å². The van der Waals surface area contributed by atoms with E-state index in [1.54, 1.807) is 0 Å². The van der Waals surface area contributed by atoms with Gasteiger partial charge in [-0.3, -0.25) is 10.1 Å². The molecule has 1 aromatic rings. The minimum Gasteiger partial charge on any atom is -0.326 e. The molecule has 1 aromatic carbocycles. The van der Waals surface area contributed by atoms with Crippen LogP contribution in [-0.4, -0.2) is 4.92 Å². The van der Waals surface area contributed by atoms with Crippen molar-refractivity contribution < 1.29 is 9.31 Å². The molecule has 5 heteroatoms. The van der Waals surface area contributed by atoms with E-state index in [-0.39, 0.29) is 12.2 Å². The first kappa shape index (κ1) is 8.61. The van der Waals surface area contributed by atoms with Gasteiger partial charge in [0.15, 0.2) is 0 Å². The van der Waals surface area contributed by atoms with E-state index in [2.05, 4.69) is 0 Å². The lowest BCUT2D eigenvalue weighted by Gasteiger charge is -1.96. The van der Waals surface area contributed by atoms with Gasteiger partial charge in [0.05, 0.1) is 11.0 Å². The van der Waals surface area contributed by atoms with Crippen LogP contribution in [0.3, 0.4) is 0 Å². The van der Waals surface area contributed by atoms with Crippen molar-refractivity contribution in [3.8, 4) is 0 Å². The lowest BCUT2D eigenvalue weighted by Crippen LogP contribution is -1.98. The van der Waals surface area contributed by atoms with Gasteiger partial charge in [-0.25, -0.2) is 4.39 Å². The van der Waals surface area contributed by atoms with Crippen molar-refractivity contribution >= 4 is 5.69 Å². The van der Waals surface area contributed by atoms with Gasteiger partial charge in [0.25, 0.3) is 5.69 Å². The average molecular weight is 170 g/mol. The van der Waals surface area contributed by atoms with Gasteiger partial charge in [0.1, 0.15) is 5.82 Å². The lowest BCUT2D eigenvalue weighted by atomic mass is 10.2. The van der Waals surface area contributed by atoms with E-state index >= 15 is 0 Å². The monoisotopic (exact) mass is 170 g/mol. The van der Waals surface area contributed by atoms with Crippen molar-refractivity contribution in [2.45, 2.75) is 6.54 Å². The highest BCUT2D eigenvalue weighted by molar-refractivity contribution is 5.34. The van der Waals surface area contributed by atoms with Crippen molar-refractivity contribution in [1.29, 1.82) is 0 Å². The maximum Gasteiger partial charge on any atom is 0.272 e. The summed E-state index contributed by atoms with van der Waals surface area (Å²) in [4.78, 5) is 9.57. The zero-order valence-electron chi connectivity index (χ0n) is 6.16. The van der Waals surface area contributed by atoms with E-state index in [0.29, 0.717) is 5.56 Å². The molecule has 0 radical (unpaired) electrons. The molecule has 0 fully saturated rings. The molecule has 0 aliphatic heterocycles. The number of nitrogens with two attached hydrogens (primary N) is 1. The number of benzene rings is 1. The summed E-state index contributed by atoms with van der Waals surface area (Å²) in [6.45, 7) is 0.0958. The summed E-state index contributed by atoms with van der Waals surface area (Å²) in [6.07, 6.45) is 0. The van der Waals surface area contributed by atoms with Crippen LogP contribution in [0.2, 0.25) is 0 Å². The normalized spacial score (nSPS) is 9.83. The first-order valence-corrected chi connectivity index (χ1v) is 3.27. The topological polar surface area (TPSA) is 69.2 Å². The molecule has 0 aromatic heterocycles. The number of rotatable bonds is 2. The summed E-state index contributed by atoms with van der Waals surface area (Å²) in [7, 11) is 0. The van der Waals surface area contributed by atoms with Crippen LogP contribution in [0, 0.1) is 15.9 Å². The van der Waals surface area contributed by atoms with Gasteiger partial charge in [0, 0.05) is 12.6 Å². The number of halogens is 1. The molecule has 0 saturated carbocycles. The standard InChI is InChI=1S/C7H7FN2O2/c8-6-1-5(4-9)2-7(3-6)10(11)12/h1-3H,4,9H2. The Balaban J connectivity index is 3.15. The summed E-state index contributed by atoms with van der Waals surface area (Å²) in [5.74, 6) is -0.635. The number of hydrogen-bond donors (Lipinski definition) is 1. The van der Waals surface area contributed by atoms with Crippen LogP contribution in [0.4, 0.5) is 10.1 Å². The van der Waals surface area contributed by atoms with E-state index in [4.69, 9.17) is 5.73 Å². The number of non-ortho nitro benzene ring substituents is 1. The minimum absolute atomic E-state index is 0.0958. The Morgan fingerprint density at radius 2 is 2.17 bits per heavy atom. The Bertz CT molecular complexity index is 314. The molecule has 4 nitrogen and oxygen atoms in total. The molecule has 0 saturated heterocycles. The molecule has 0 spiro atoms. The maximum atomic E-state index is 12.6. The largest absolute Gasteiger partial charge is 0.326 e. The molecule has 0 unspecified atom stereocenters. The summed E-state index contributed by atoms with van der Waals surface area (Å²) in [6, 6.07) is 3.29. The molecule has 0 amide bonds. The molecular weight excluding hydrogens is 163 g/mol. The highest BCUT2D eigenvalue weighted by atomic mass is 19.1. The maximum absolute atomic E-state index is 12.6. The molecular formula is C7H7FN2O2. The average Bonchev–Trinajstić information content (AvgIpc) is 2.03. The van der Waals surface area contributed by atoms with Crippen LogP contribution >= 0.6 is 0 Å². The van der Waals surface area contributed by atoms with Gasteiger partial charge in [-0.05, 0) is 11.6 Å². The van der Waals surface area contributed by atoms with Gasteiger partial charge >= 0.3 is 0 Å². The number of nitro groups is 1. The zero-order valence-corrected chi connectivity index (χ0v) is 6.16. The molecule has 0 aliphatic carbocycles. The summed E-state index contributed by atoms with van der Waals surface area (Å²) in [5.41, 5.74) is 5.35. The quantitative estimate of drug-likeness (QED) is 0.535. The molecule has 12 heavy (non-hydrogen) atoms. The predicted molar refractivity (Wildman–Crippen MR) is 40.9 cm³/mol. The SMILES string of the molecule is NCc1cc(F)cc([N+](=O)[O-])c1. The van der Waals surface area contributed by atoms with Gasteiger partial charge in [-0.1, -0.05) is 0 Å². The van der Waals surface area contributed by atoms with Crippen LogP contribution in [-0.2, 0) is 6.54 Å². The van der Waals surface area contributed by atoms with E-state index in [1.165, 1.54) is 12.1 Å². The molecule has 1 rings (SSSR count). The number of hydrogen-bond acceptors (Lipinski definition) is 3. The Labute approximate surface area is 68.0 Å². The lowest BCUT2D eigenvalue weighted by molar-refractivity contribution is -0.385. The fourth-order valence-corrected chi connectivity index (χ4v) is 0.857. The Kier molecular flexibility index (Phi) is 2.35. The zero-order chi connectivity index (χ0) is 9.14. The molecule has 0 aliphatic rings. The van der Waals surface area contributed by atoms with Crippen molar-refractivity contribution in [2.75, 3.05) is 0 Å². The summed E-state index contributed by atoms with van der Waals surface area (Å²) in [5, 5.41) is 10.2. The second-order valence-corrected chi connectivity index (χ2v) is 2.28.